The van der Waals surface area contributed by atoms with E-state index in [4.69, 9.17) is 4.74 Å². The van der Waals surface area contributed by atoms with Gasteiger partial charge in [0.1, 0.15) is 0 Å². The lowest BCUT2D eigenvalue weighted by Gasteiger charge is -2.30. The maximum absolute atomic E-state index is 5.49. The maximum Gasteiger partial charge on any atom is 0.0674 e. The van der Waals surface area contributed by atoms with Crippen molar-refractivity contribution in [1.82, 2.24) is 4.90 Å². The Hall–Kier alpha value is -0.340. The number of hydrogen-bond donors (Lipinski definition) is 0. The van der Waals surface area contributed by atoms with E-state index in [1.165, 1.54) is 19.3 Å². The van der Waals surface area contributed by atoms with Gasteiger partial charge < -0.3 is 4.74 Å². The summed E-state index contributed by atoms with van der Waals surface area (Å²) in [6, 6.07) is 0. The van der Waals surface area contributed by atoms with Gasteiger partial charge in [-0.15, -0.1) is 0 Å². The lowest BCUT2D eigenvalue weighted by molar-refractivity contribution is -0.0141. The molecule has 2 fully saturated rings. The molecule has 0 aromatic rings. The third-order valence-corrected chi connectivity index (χ3v) is 2.96. The minimum Gasteiger partial charge on any atom is -0.376 e. The first kappa shape index (κ1) is 9.22. The topological polar surface area (TPSA) is 12.5 Å². The summed E-state index contributed by atoms with van der Waals surface area (Å²) in [5, 5.41) is 0. The molecule has 1 aliphatic carbocycles. The van der Waals surface area contributed by atoms with Gasteiger partial charge in [0.05, 0.1) is 12.7 Å². The summed E-state index contributed by atoms with van der Waals surface area (Å²) in [7, 11) is 0. The summed E-state index contributed by atoms with van der Waals surface area (Å²) in [6.45, 7) is 6.41. The minimum atomic E-state index is 0.425. The Kier molecular flexibility index (Phi) is 3.01. The second-order valence-electron chi connectivity index (χ2n) is 4.16. The molecule has 0 aromatic carbocycles. The fourth-order valence-electron chi connectivity index (χ4n) is 1.90. The van der Waals surface area contributed by atoms with Crippen molar-refractivity contribution in [2.75, 3.05) is 26.2 Å². The second-order valence-corrected chi connectivity index (χ2v) is 4.16. The molecule has 2 nitrogen and oxygen atoms in total. The summed E-state index contributed by atoms with van der Waals surface area (Å²) in [5.41, 5.74) is 1.67. The molecule has 1 saturated heterocycles. The number of ether oxygens (including phenoxy) is 1. The Morgan fingerprint density at radius 3 is 3.00 bits per heavy atom. The average Bonchev–Trinajstić information content (AvgIpc) is 2.01. The first-order valence-electron chi connectivity index (χ1n) is 5.36. The lowest BCUT2D eigenvalue weighted by Crippen LogP contribution is -2.41. The van der Waals surface area contributed by atoms with Crippen LogP contribution in [0.4, 0.5) is 0 Å². The Morgan fingerprint density at radius 2 is 2.38 bits per heavy atom. The van der Waals surface area contributed by atoms with Crippen molar-refractivity contribution in [3.05, 3.63) is 11.6 Å². The summed E-state index contributed by atoms with van der Waals surface area (Å²) < 4.78 is 5.49. The zero-order valence-corrected chi connectivity index (χ0v) is 8.46. The van der Waals surface area contributed by atoms with Crippen molar-refractivity contribution in [2.45, 2.75) is 32.3 Å². The second kappa shape index (κ2) is 4.25. The highest BCUT2D eigenvalue weighted by atomic mass is 16.5. The normalized spacial score (nSPS) is 29.9. The van der Waals surface area contributed by atoms with Gasteiger partial charge in [-0.25, -0.2) is 0 Å². The number of nitrogens with zero attached hydrogens (tertiary/aromatic N) is 1. The molecule has 1 saturated carbocycles. The number of morpholine rings is 1. The molecule has 2 heteroatoms. The molecule has 0 aromatic heterocycles. The van der Waals surface area contributed by atoms with Gasteiger partial charge in [0, 0.05) is 19.6 Å². The van der Waals surface area contributed by atoms with E-state index in [0.717, 1.165) is 26.2 Å². The molecule has 0 amide bonds. The third kappa shape index (κ3) is 2.55. The predicted molar refractivity (Wildman–Crippen MR) is 53.8 cm³/mol. The third-order valence-electron chi connectivity index (χ3n) is 2.96. The molecule has 0 bridgehead atoms. The van der Waals surface area contributed by atoms with E-state index < -0.39 is 0 Å². The summed E-state index contributed by atoms with van der Waals surface area (Å²) in [4.78, 5) is 2.49. The van der Waals surface area contributed by atoms with Crippen LogP contribution in [-0.2, 0) is 4.74 Å². The van der Waals surface area contributed by atoms with E-state index in [1.54, 1.807) is 5.57 Å². The zero-order chi connectivity index (χ0) is 9.10. The SMILES string of the molecule is C[C@H]1CN(CC=C2CCC2)CCO1. The molecule has 0 N–H and O–H groups in total. The number of hydrogen-bond acceptors (Lipinski definition) is 2. The van der Waals surface area contributed by atoms with Crippen molar-refractivity contribution in [3.8, 4) is 0 Å². The lowest BCUT2D eigenvalue weighted by atomic mass is 9.92. The molecule has 2 rings (SSSR count). The van der Waals surface area contributed by atoms with Crippen LogP contribution in [0.3, 0.4) is 0 Å². The van der Waals surface area contributed by atoms with E-state index in [2.05, 4.69) is 17.9 Å². The highest BCUT2D eigenvalue weighted by Gasteiger charge is 2.16. The van der Waals surface area contributed by atoms with Crippen LogP contribution in [0.5, 0.6) is 0 Å². The van der Waals surface area contributed by atoms with E-state index in [9.17, 15) is 0 Å². The van der Waals surface area contributed by atoms with Gasteiger partial charge in [-0.05, 0) is 26.2 Å². The smallest absolute Gasteiger partial charge is 0.0674 e. The van der Waals surface area contributed by atoms with Gasteiger partial charge in [0.25, 0.3) is 0 Å². The van der Waals surface area contributed by atoms with Crippen molar-refractivity contribution in [1.29, 1.82) is 0 Å². The molecule has 1 aliphatic heterocycles. The molecule has 0 spiro atoms. The van der Waals surface area contributed by atoms with Crippen LogP contribution in [0.2, 0.25) is 0 Å². The molecule has 1 atom stereocenters. The fraction of sp³-hybridized carbons (Fsp3) is 0.818. The van der Waals surface area contributed by atoms with Gasteiger partial charge in [-0.1, -0.05) is 11.6 Å². The van der Waals surface area contributed by atoms with Crippen LogP contribution in [0.25, 0.3) is 0 Å². The van der Waals surface area contributed by atoms with E-state index in [0.29, 0.717) is 6.10 Å². The van der Waals surface area contributed by atoms with Gasteiger partial charge in [-0.3, -0.25) is 4.90 Å². The van der Waals surface area contributed by atoms with Crippen LogP contribution >= 0.6 is 0 Å². The van der Waals surface area contributed by atoms with Gasteiger partial charge in [-0.2, -0.15) is 0 Å². The van der Waals surface area contributed by atoms with Crippen LogP contribution in [0.1, 0.15) is 26.2 Å². The first-order valence-corrected chi connectivity index (χ1v) is 5.36. The monoisotopic (exact) mass is 181 g/mol. The molecule has 0 unspecified atom stereocenters. The molecule has 0 radical (unpaired) electrons. The molecular weight excluding hydrogens is 162 g/mol. The highest BCUT2D eigenvalue weighted by Crippen LogP contribution is 2.24. The summed E-state index contributed by atoms with van der Waals surface area (Å²) >= 11 is 0. The van der Waals surface area contributed by atoms with Crippen LogP contribution in [-0.4, -0.2) is 37.2 Å². The van der Waals surface area contributed by atoms with Crippen molar-refractivity contribution in [3.63, 3.8) is 0 Å². The molecule has 13 heavy (non-hydrogen) atoms. The first-order chi connectivity index (χ1) is 6.34. The maximum atomic E-state index is 5.49. The fourth-order valence-corrected chi connectivity index (χ4v) is 1.90. The van der Waals surface area contributed by atoms with Crippen LogP contribution < -0.4 is 0 Å². The standard InChI is InChI=1S/C11H19NO/c1-10-9-12(7-8-13-10)6-5-11-3-2-4-11/h5,10H,2-4,6-9H2,1H3/t10-/m0/s1. The zero-order valence-electron chi connectivity index (χ0n) is 8.46. The van der Waals surface area contributed by atoms with Gasteiger partial charge in [0.2, 0.25) is 0 Å². The van der Waals surface area contributed by atoms with Crippen LogP contribution in [0, 0.1) is 0 Å². The number of allylic oxidation sites excluding steroid dienone is 1. The Balaban J connectivity index is 1.73. The van der Waals surface area contributed by atoms with Crippen molar-refractivity contribution >= 4 is 0 Å². The summed E-state index contributed by atoms with van der Waals surface area (Å²) in [6.07, 6.45) is 6.95. The highest BCUT2D eigenvalue weighted by molar-refractivity contribution is 5.10. The van der Waals surface area contributed by atoms with Crippen LogP contribution in [0.15, 0.2) is 11.6 Å². The molecular formula is C11H19NO. The van der Waals surface area contributed by atoms with Gasteiger partial charge >= 0.3 is 0 Å². The number of rotatable bonds is 2. The minimum absolute atomic E-state index is 0.425. The van der Waals surface area contributed by atoms with E-state index in [1.807, 2.05) is 0 Å². The Morgan fingerprint density at radius 1 is 1.54 bits per heavy atom. The quantitative estimate of drug-likeness (QED) is 0.602. The van der Waals surface area contributed by atoms with Gasteiger partial charge in [0.15, 0.2) is 0 Å². The predicted octanol–water partition coefficient (Wildman–Crippen LogP) is 1.82. The Bertz CT molecular complexity index is 194. The van der Waals surface area contributed by atoms with E-state index >= 15 is 0 Å². The molecule has 2 aliphatic rings. The molecule has 74 valence electrons. The van der Waals surface area contributed by atoms with Crippen molar-refractivity contribution < 1.29 is 4.74 Å². The largest absolute Gasteiger partial charge is 0.376 e. The molecule has 1 heterocycles. The summed E-state index contributed by atoms with van der Waals surface area (Å²) in [5.74, 6) is 0. The Labute approximate surface area is 80.6 Å². The van der Waals surface area contributed by atoms with E-state index in [-0.39, 0.29) is 0 Å². The van der Waals surface area contributed by atoms with Crippen molar-refractivity contribution in [2.24, 2.45) is 0 Å². The average molecular weight is 181 g/mol.